The van der Waals surface area contributed by atoms with Crippen LogP contribution in [0.5, 0.6) is 0 Å². The zero-order valence-electron chi connectivity index (χ0n) is 12.9. The van der Waals surface area contributed by atoms with E-state index >= 15 is 0 Å². The van der Waals surface area contributed by atoms with Crippen LogP contribution in [-0.2, 0) is 4.74 Å². The Kier molecular flexibility index (Phi) is 4.44. The van der Waals surface area contributed by atoms with Gasteiger partial charge >= 0.3 is 6.09 Å². The zero-order valence-corrected chi connectivity index (χ0v) is 12.9. The van der Waals surface area contributed by atoms with Crippen LogP contribution in [0, 0.1) is 10.1 Å². The third-order valence-corrected chi connectivity index (χ3v) is 3.17. The molecule has 0 unspecified atom stereocenters. The van der Waals surface area contributed by atoms with Gasteiger partial charge in [-0.25, -0.2) is 4.79 Å². The number of amides is 1. The predicted molar refractivity (Wildman–Crippen MR) is 81.3 cm³/mol. The highest BCUT2D eigenvalue weighted by atomic mass is 16.6. The van der Waals surface area contributed by atoms with Crippen LogP contribution in [0.1, 0.15) is 32.8 Å². The van der Waals surface area contributed by atoms with Gasteiger partial charge in [-0.3, -0.25) is 15.1 Å². The predicted octanol–water partition coefficient (Wildman–Crippen LogP) is 3.01. The summed E-state index contributed by atoms with van der Waals surface area (Å²) in [7, 11) is 0. The van der Waals surface area contributed by atoms with E-state index in [0.29, 0.717) is 19.5 Å². The van der Waals surface area contributed by atoms with Crippen LogP contribution in [0.15, 0.2) is 24.5 Å². The summed E-state index contributed by atoms with van der Waals surface area (Å²) in [6.07, 6.45) is 4.97. The fourth-order valence-corrected chi connectivity index (χ4v) is 2.13. The lowest BCUT2D eigenvalue weighted by Crippen LogP contribution is -2.39. The largest absolute Gasteiger partial charge is 0.444 e. The third kappa shape index (κ3) is 4.03. The Morgan fingerprint density at radius 3 is 2.68 bits per heavy atom. The zero-order chi connectivity index (χ0) is 16.3. The summed E-state index contributed by atoms with van der Waals surface area (Å²) < 4.78 is 5.32. The van der Waals surface area contributed by atoms with Crippen LogP contribution < -0.4 is 0 Å². The first-order valence-electron chi connectivity index (χ1n) is 7.03. The van der Waals surface area contributed by atoms with Crippen LogP contribution in [0.3, 0.4) is 0 Å². The molecule has 1 aliphatic heterocycles. The minimum atomic E-state index is -0.523. The fourth-order valence-electron chi connectivity index (χ4n) is 2.13. The summed E-state index contributed by atoms with van der Waals surface area (Å²) >= 11 is 0. The van der Waals surface area contributed by atoms with Crippen molar-refractivity contribution in [3.8, 4) is 0 Å². The van der Waals surface area contributed by atoms with Crippen molar-refractivity contribution in [3.05, 3.63) is 40.2 Å². The highest BCUT2D eigenvalue weighted by Gasteiger charge is 2.24. The SMILES string of the molecule is CC(C)(C)OC(=O)N1CC=C(c2cncc([N+](=O)[O-])c2)CC1. The molecule has 0 bridgehead atoms. The normalized spacial score (nSPS) is 15.2. The lowest BCUT2D eigenvalue weighted by molar-refractivity contribution is -0.385. The van der Waals surface area contributed by atoms with E-state index in [1.807, 2.05) is 26.8 Å². The van der Waals surface area contributed by atoms with Gasteiger partial charge in [0.2, 0.25) is 0 Å². The van der Waals surface area contributed by atoms with Gasteiger partial charge in [0, 0.05) is 30.9 Å². The van der Waals surface area contributed by atoms with Gasteiger partial charge in [-0.2, -0.15) is 0 Å². The van der Waals surface area contributed by atoms with Crippen molar-refractivity contribution in [3.63, 3.8) is 0 Å². The molecule has 118 valence electrons. The standard InChI is InChI=1S/C15H19N3O4/c1-15(2,3)22-14(19)17-6-4-11(5-7-17)12-8-13(18(20)21)10-16-9-12/h4,8-10H,5-7H2,1-3H3. The van der Waals surface area contributed by atoms with Crippen molar-refractivity contribution in [1.82, 2.24) is 9.88 Å². The van der Waals surface area contributed by atoms with Crippen LogP contribution in [0.4, 0.5) is 10.5 Å². The number of rotatable bonds is 2. The molecule has 1 aromatic rings. The Labute approximate surface area is 128 Å². The number of carbonyl (C=O) groups is 1. The number of carbonyl (C=O) groups excluding carboxylic acids is 1. The average molecular weight is 305 g/mol. The second kappa shape index (κ2) is 6.13. The molecule has 1 amide bonds. The van der Waals surface area contributed by atoms with Gasteiger partial charge < -0.3 is 9.64 Å². The first kappa shape index (κ1) is 15.9. The molecule has 0 radical (unpaired) electrons. The summed E-state index contributed by atoms with van der Waals surface area (Å²) in [5, 5.41) is 10.8. The van der Waals surface area contributed by atoms with Gasteiger partial charge in [0.15, 0.2) is 0 Å². The van der Waals surface area contributed by atoms with E-state index in [9.17, 15) is 14.9 Å². The summed E-state index contributed by atoms with van der Waals surface area (Å²) in [5.41, 5.74) is 1.12. The van der Waals surface area contributed by atoms with E-state index in [2.05, 4.69) is 4.98 Å². The second-order valence-electron chi connectivity index (χ2n) is 6.09. The van der Waals surface area contributed by atoms with Crippen LogP contribution in [0.25, 0.3) is 5.57 Å². The topological polar surface area (TPSA) is 85.6 Å². The Hall–Kier alpha value is -2.44. The molecule has 0 saturated carbocycles. The van der Waals surface area contributed by atoms with Gasteiger partial charge in [0.1, 0.15) is 11.8 Å². The fraction of sp³-hybridized carbons (Fsp3) is 0.467. The molecular formula is C15H19N3O4. The molecule has 7 heteroatoms. The number of nitrogens with zero attached hydrogens (tertiary/aromatic N) is 3. The highest BCUT2D eigenvalue weighted by Crippen LogP contribution is 2.25. The first-order chi connectivity index (χ1) is 10.3. The molecule has 22 heavy (non-hydrogen) atoms. The number of ether oxygens (including phenoxy) is 1. The molecule has 0 N–H and O–H groups in total. The molecular weight excluding hydrogens is 286 g/mol. The van der Waals surface area contributed by atoms with E-state index in [-0.39, 0.29) is 11.8 Å². The molecule has 2 heterocycles. The molecule has 0 fully saturated rings. The van der Waals surface area contributed by atoms with Crippen molar-refractivity contribution < 1.29 is 14.5 Å². The lowest BCUT2D eigenvalue weighted by Gasteiger charge is -2.29. The third-order valence-electron chi connectivity index (χ3n) is 3.17. The Balaban J connectivity index is 2.07. The average Bonchev–Trinajstić information content (AvgIpc) is 2.46. The molecule has 0 aliphatic carbocycles. The number of pyridine rings is 1. The Morgan fingerprint density at radius 1 is 1.41 bits per heavy atom. The smallest absolute Gasteiger partial charge is 0.410 e. The minimum absolute atomic E-state index is 0.0343. The van der Waals surface area contributed by atoms with E-state index in [1.54, 1.807) is 11.1 Å². The van der Waals surface area contributed by atoms with Crippen molar-refractivity contribution in [2.75, 3.05) is 13.1 Å². The molecule has 0 saturated heterocycles. The number of hydrogen-bond donors (Lipinski definition) is 0. The maximum absolute atomic E-state index is 12.0. The molecule has 0 spiro atoms. The van der Waals surface area contributed by atoms with Crippen molar-refractivity contribution >= 4 is 17.4 Å². The monoisotopic (exact) mass is 305 g/mol. The van der Waals surface area contributed by atoms with E-state index in [0.717, 1.165) is 11.1 Å². The molecule has 1 aromatic heterocycles. The summed E-state index contributed by atoms with van der Waals surface area (Å²) in [6, 6.07) is 1.50. The summed E-state index contributed by atoms with van der Waals surface area (Å²) in [4.78, 5) is 27.8. The lowest BCUT2D eigenvalue weighted by atomic mass is 10.0. The summed E-state index contributed by atoms with van der Waals surface area (Å²) in [6.45, 7) is 6.41. The van der Waals surface area contributed by atoms with Crippen molar-refractivity contribution in [2.45, 2.75) is 32.8 Å². The number of nitro groups is 1. The maximum Gasteiger partial charge on any atom is 0.410 e. The van der Waals surface area contributed by atoms with E-state index in [1.165, 1.54) is 12.3 Å². The Bertz CT molecular complexity index is 619. The van der Waals surface area contributed by atoms with Crippen molar-refractivity contribution in [1.29, 1.82) is 0 Å². The first-order valence-corrected chi connectivity index (χ1v) is 7.03. The maximum atomic E-state index is 12.0. The van der Waals surface area contributed by atoms with Gasteiger partial charge in [0.25, 0.3) is 5.69 Å². The molecule has 0 aromatic carbocycles. The van der Waals surface area contributed by atoms with Gasteiger partial charge in [-0.15, -0.1) is 0 Å². The number of hydrogen-bond acceptors (Lipinski definition) is 5. The van der Waals surface area contributed by atoms with Gasteiger partial charge in [-0.1, -0.05) is 6.08 Å². The van der Waals surface area contributed by atoms with Crippen LogP contribution >= 0.6 is 0 Å². The number of aromatic nitrogens is 1. The van der Waals surface area contributed by atoms with E-state index < -0.39 is 10.5 Å². The van der Waals surface area contributed by atoms with Crippen LogP contribution in [0.2, 0.25) is 0 Å². The van der Waals surface area contributed by atoms with Gasteiger partial charge in [0.05, 0.1) is 4.92 Å². The molecule has 7 nitrogen and oxygen atoms in total. The van der Waals surface area contributed by atoms with Crippen LogP contribution in [-0.4, -0.2) is 39.6 Å². The highest BCUT2D eigenvalue weighted by molar-refractivity contribution is 5.73. The quantitative estimate of drug-likeness (QED) is 0.619. The molecule has 0 atom stereocenters. The second-order valence-corrected chi connectivity index (χ2v) is 6.09. The minimum Gasteiger partial charge on any atom is -0.444 e. The Morgan fingerprint density at radius 2 is 2.14 bits per heavy atom. The van der Waals surface area contributed by atoms with Gasteiger partial charge in [-0.05, 0) is 32.8 Å². The summed E-state index contributed by atoms with van der Waals surface area (Å²) in [5.74, 6) is 0. The van der Waals surface area contributed by atoms with E-state index in [4.69, 9.17) is 4.74 Å². The molecule has 1 aliphatic rings. The molecule has 2 rings (SSSR count). The van der Waals surface area contributed by atoms with Crippen molar-refractivity contribution in [2.24, 2.45) is 0 Å².